The van der Waals surface area contributed by atoms with Crippen LogP contribution in [0.15, 0.2) is 6.20 Å². The van der Waals surface area contributed by atoms with E-state index in [0.717, 1.165) is 41.5 Å². The number of aromatic nitrogens is 1. The van der Waals surface area contributed by atoms with E-state index in [2.05, 4.69) is 25.8 Å². The summed E-state index contributed by atoms with van der Waals surface area (Å²) in [6.07, 6.45) is 5.94. The van der Waals surface area contributed by atoms with Crippen LogP contribution in [0.2, 0.25) is 0 Å². The first-order valence-corrected chi connectivity index (χ1v) is 7.01. The van der Waals surface area contributed by atoms with E-state index in [9.17, 15) is 5.11 Å². The van der Waals surface area contributed by atoms with E-state index in [1.165, 1.54) is 0 Å². The first-order valence-electron chi connectivity index (χ1n) is 6.20. The molecule has 16 heavy (non-hydrogen) atoms. The predicted octanol–water partition coefficient (Wildman–Crippen LogP) is 3.66. The number of hydrogen-bond donors (Lipinski definition) is 1. The largest absolute Gasteiger partial charge is 0.384 e. The van der Waals surface area contributed by atoms with Gasteiger partial charge < -0.3 is 5.11 Å². The summed E-state index contributed by atoms with van der Waals surface area (Å²) in [5.74, 6) is 1.22. The molecule has 0 saturated heterocycles. The molecule has 0 bridgehead atoms. The van der Waals surface area contributed by atoms with Crippen molar-refractivity contribution in [3.8, 4) is 0 Å². The van der Waals surface area contributed by atoms with Crippen LogP contribution < -0.4 is 0 Å². The molecule has 0 amide bonds. The summed E-state index contributed by atoms with van der Waals surface area (Å²) in [7, 11) is 0. The molecule has 0 aliphatic heterocycles. The minimum absolute atomic E-state index is 0.463. The van der Waals surface area contributed by atoms with E-state index < -0.39 is 5.60 Å². The van der Waals surface area contributed by atoms with Gasteiger partial charge in [0.25, 0.3) is 0 Å². The van der Waals surface area contributed by atoms with Crippen molar-refractivity contribution in [1.82, 2.24) is 4.98 Å². The summed E-state index contributed by atoms with van der Waals surface area (Å²) in [6, 6.07) is 0. The molecule has 0 spiro atoms. The van der Waals surface area contributed by atoms with Crippen molar-refractivity contribution < 1.29 is 5.11 Å². The van der Waals surface area contributed by atoms with Gasteiger partial charge >= 0.3 is 0 Å². The molecule has 3 heteroatoms. The summed E-state index contributed by atoms with van der Waals surface area (Å²) in [6.45, 7) is 6.57. The Kier molecular flexibility index (Phi) is 3.36. The zero-order valence-electron chi connectivity index (χ0n) is 10.4. The summed E-state index contributed by atoms with van der Waals surface area (Å²) in [5, 5.41) is 11.8. The van der Waals surface area contributed by atoms with Gasteiger partial charge in [-0.3, -0.25) is 0 Å². The van der Waals surface area contributed by atoms with Crippen LogP contribution >= 0.6 is 11.3 Å². The second-order valence-corrected chi connectivity index (χ2v) is 6.49. The Bertz CT molecular complexity index is 351. The van der Waals surface area contributed by atoms with Crippen LogP contribution in [-0.2, 0) is 5.60 Å². The monoisotopic (exact) mass is 239 g/mol. The Morgan fingerprint density at radius 2 is 2.06 bits per heavy atom. The predicted molar refractivity (Wildman–Crippen MR) is 67.7 cm³/mol. The van der Waals surface area contributed by atoms with Crippen LogP contribution in [0.4, 0.5) is 0 Å². The van der Waals surface area contributed by atoms with Gasteiger partial charge in [-0.2, -0.15) is 0 Å². The third-order valence-electron chi connectivity index (χ3n) is 3.58. The lowest BCUT2D eigenvalue weighted by molar-refractivity contribution is -0.00886. The van der Waals surface area contributed by atoms with Gasteiger partial charge in [0.2, 0.25) is 0 Å². The Balaban J connectivity index is 2.16. The molecule has 0 aromatic carbocycles. The number of thiazole rings is 1. The molecule has 1 heterocycles. The second-order valence-electron chi connectivity index (χ2n) is 5.43. The van der Waals surface area contributed by atoms with Crippen LogP contribution in [0.5, 0.6) is 0 Å². The Morgan fingerprint density at radius 1 is 1.44 bits per heavy atom. The third kappa shape index (κ3) is 2.30. The lowest BCUT2D eigenvalue weighted by Gasteiger charge is -2.33. The topological polar surface area (TPSA) is 33.1 Å². The molecular formula is C13H21NOS. The highest BCUT2D eigenvalue weighted by Gasteiger charge is 2.35. The van der Waals surface area contributed by atoms with Gasteiger partial charge in [-0.25, -0.2) is 4.98 Å². The maximum Gasteiger partial charge on any atom is 0.100 e. The summed E-state index contributed by atoms with van der Waals surface area (Å²) in [5.41, 5.74) is -0.586. The van der Waals surface area contributed by atoms with E-state index in [0.29, 0.717) is 5.92 Å². The molecule has 90 valence electrons. The van der Waals surface area contributed by atoms with Crippen molar-refractivity contribution in [3.63, 3.8) is 0 Å². The van der Waals surface area contributed by atoms with Gasteiger partial charge in [0, 0.05) is 12.1 Å². The maximum absolute atomic E-state index is 10.6. The van der Waals surface area contributed by atoms with E-state index in [1.54, 1.807) is 11.3 Å². The van der Waals surface area contributed by atoms with E-state index >= 15 is 0 Å². The Morgan fingerprint density at radius 3 is 2.56 bits per heavy atom. The number of rotatable bonds is 2. The third-order valence-corrected chi connectivity index (χ3v) is 5.07. The zero-order valence-corrected chi connectivity index (χ0v) is 11.2. The Labute approximate surface area is 102 Å². The average Bonchev–Trinajstić information content (AvgIpc) is 2.72. The highest BCUT2D eigenvalue weighted by Crippen LogP contribution is 2.42. The van der Waals surface area contributed by atoms with Crippen molar-refractivity contribution in [2.45, 2.75) is 58.0 Å². The van der Waals surface area contributed by atoms with Crippen LogP contribution in [0.1, 0.15) is 62.3 Å². The molecule has 1 fully saturated rings. The molecule has 2 rings (SSSR count). The second kappa shape index (κ2) is 4.46. The lowest BCUT2D eigenvalue weighted by Crippen LogP contribution is -2.29. The van der Waals surface area contributed by atoms with Gasteiger partial charge in [-0.1, -0.05) is 20.8 Å². The molecule has 1 saturated carbocycles. The molecule has 1 aromatic rings. The van der Waals surface area contributed by atoms with E-state index in [4.69, 9.17) is 0 Å². The van der Waals surface area contributed by atoms with Crippen LogP contribution in [0, 0.1) is 5.92 Å². The van der Waals surface area contributed by atoms with E-state index in [-0.39, 0.29) is 0 Å². The summed E-state index contributed by atoms with van der Waals surface area (Å²) in [4.78, 5) is 5.49. The molecule has 1 aromatic heterocycles. The van der Waals surface area contributed by atoms with Crippen molar-refractivity contribution in [2.75, 3.05) is 0 Å². The fourth-order valence-electron chi connectivity index (χ4n) is 2.26. The number of nitrogens with zero attached hydrogens (tertiary/aromatic N) is 1. The van der Waals surface area contributed by atoms with Crippen molar-refractivity contribution in [2.24, 2.45) is 5.92 Å². The van der Waals surface area contributed by atoms with Gasteiger partial charge in [0.15, 0.2) is 0 Å². The van der Waals surface area contributed by atoms with Crippen LogP contribution in [-0.4, -0.2) is 10.1 Å². The molecular weight excluding hydrogens is 218 g/mol. The smallest absolute Gasteiger partial charge is 0.100 e. The fourth-order valence-corrected chi connectivity index (χ4v) is 3.32. The quantitative estimate of drug-likeness (QED) is 0.854. The summed E-state index contributed by atoms with van der Waals surface area (Å²) < 4.78 is 0. The van der Waals surface area contributed by atoms with Crippen LogP contribution in [0.3, 0.4) is 0 Å². The number of hydrogen-bond acceptors (Lipinski definition) is 3. The fraction of sp³-hybridized carbons (Fsp3) is 0.769. The minimum Gasteiger partial charge on any atom is -0.384 e. The lowest BCUT2D eigenvalue weighted by atomic mass is 9.79. The first-order chi connectivity index (χ1) is 7.51. The SMILES string of the molecule is CC1CCC(O)(c2cnc(C(C)C)s2)CC1. The van der Waals surface area contributed by atoms with E-state index in [1.807, 2.05) is 6.20 Å². The molecule has 0 atom stereocenters. The zero-order chi connectivity index (χ0) is 11.8. The normalized spacial score (nSPS) is 30.9. The molecule has 2 nitrogen and oxygen atoms in total. The highest BCUT2D eigenvalue weighted by molar-refractivity contribution is 7.11. The first kappa shape index (κ1) is 12.1. The van der Waals surface area contributed by atoms with Gasteiger partial charge in [0.1, 0.15) is 5.60 Å². The standard InChI is InChI=1S/C13H21NOS/c1-9(2)12-14-8-11(16-12)13(15)6-4-10(3)5-7-13/h8-10,15H,4-7H2,1-3H3. The maximum atomic E-state index is 10.6. The minimum atomic E-state index is -0.586. The van der Waals surface area contributed by atoms with Gasteiger partial charge in [-0.15, -0.1) is 11.3 Å². The molecule has 0 radical (unpaired) electrons. The van der Waals surface area contributed by atoms with Crippen molar-refractivity contribution in [1.29, 1.82) is 0 Å². The van der Waals surface area contributed by atoms with Crippen LogP contribution in [0.25, 0.3) is 0 Å². The van der Waals surface area contributed by atoms with Crippen molar-refractivity contribution in [3.05, 3.63) is 16.1 Å². The van der Waals surface area contributed by atoms with Gasteiger partial charge in [-0.05, 0) is 31.6 Å². The Hall–Kier alpha value is -0.410. The van der Waals surface area contributed by atoms with Crippen molar-refractivity contribution >= 4 is 11.3 Å². The number of aliphatic hydroxyl groups is 1. The molecule has 1 aliphatic rings. The molecule has 1 aliphatic carbocycles. The summed E-state index contributed by atoms with van der Waals surface area (Å²) >= 11 is 1.69. The molecule has 1 N–H and O–H groups in total. The molecule has 0 unspecified atom stereocenters. The highest BCUT2D eigenvalue weighted by atomic mass is 32.1. The van der Waals surface area contributed by atoms with Gasteiger partial charge in [0.05, 0.1) is 9.88 Å². The average molecular weight is 239 g/mol.